The molecule has 0 spiro atoms. The molecule has 0 bridgehead atoms. The van der Waals surface area contributed by atoms with Crippen LogP contribution in [-0.2, 0) is 22.4 Å². The Kier molecular flexibility index (Phi) is 6.31. The van der Waals surface area contributed by atoms with E-state index in [9.17, 15) is 28.0 Å². The number of halogens is 3. The van der Waals surface area contributed by atoms with Gasteiger partial charge in [-0.2, -0.15) is 18.4 Å². The summed E-state index contributed by atoms with van der Waals surface area (Å²) in [4.78, 5) is 25.8. The van der Waals surface area contributed by atoms with Gasteiger partial charge in [-0.05, 0) is 49.8 Å². The summed E-state index contributed by atoms with van der Waals surface area (Å²) in [6.45, 7) is 3.02. The number of fused-ring (bicyclic) bond motifs is 1. The molecule has 0 unspecified atom stereocenters. The van der Waals surface area contributed by atoms with Crippen LogP contribution in [0.25, 0.3) is 0 Å². The monoisotopic (exact) mass is 455 g/mol. The fourth-order valence-corrected chi connectivity index (χ4v) is 4.81. The molecule has 2 atom stereocenters. The van der Waals surface area contributed by atoms with Crippen LogP contribution in [0.3, 0.4) is 0 Å². The van der Waals surface area contributed by atoms with Crippen molar-refractivity contribution in [1.29, 1.82) is 5.26 Å². The first kappa shape index (κ1) is 22.7. The summed E-state index contributed by atoms with van der Waals surface area (Å²) in [7, 11) is 0. The number of alkyl halides is 3. The molecule has 2 heterocycles. The van der Waals surface area contributed by atoms with Gasteiger partial charge < -0.3 is 19.8 Å². The van der Waals surface area contributed by atoms with E-state index < -0.39 is 29.5 Å². The summed E-state index contributed by atoms with van der Waals surface area (Å²) in [5.41, 5.74) is -2.90. The second kappa shape index (κ2) is 8.63. The summed E-state index contributed by atoms with van der Waals surface area (Å²) >= 11 is 0.977. The van der Waals surface area contributed by atoms with E-state index in [0.29, 0.717) is 24.3 Å². The highest BCUT2D eigenvalue weighted by molar-refractivity contribution is 7.16. The van der Waals surface area contributed by atoms with E-state index >= 15 is 0 Å². The minimum atomic E-state index is -5.30. The Hall–Kier alpha value is -3.00. The first-order chi connectivity index (χ1) is 14.6. The van der Waals surface area contributed by atoms with Crippen molar-refractivity contribution < 1.29 is 31.9 Å². The maximum Gasteiger partial charge on any atom is 0.441 e. The standard InChI is InChI=1S/C20H20F3N3O4S/c1-3-29-18(28)19(20(21,22)23,25-16(27)14-5-4-8-30-14)26-17-13(10-24)12-7-6-11(2)9-15(12)31-17/h4-5,8,11,26H,3,6-7,9H2,1-2H3,(H,25,27)/t11-,19+/m0/s1. The number of thiophene rings is 1. The third kappa shape index (κ3) is 4.25. The summed E-state index contributed by atoms with van der Waals surface area (Å²) in [5, 5.41) is 13.3. The van der Waals surface area contributed by atoms with Gasteiger partial charge in [-0.25, -0.2) is 4.79 Å². The number of nitrogens with zero attached hydrogens (tertiary/aromatic N) is 1. The van der Waals surface area contributed by atoms with Crippen LogP contribution in [0.2, 0.25) is 0 Å². The van der Waals surface area contributed by atoms with Gasteiger partial charge in [-0.15, -0.1) is 11.3 Å². The molecule has 1 aliphatic carbocycles. The van der Waals surface area contributed by atoms with Crippen LogP contribution in [0.15, 0.2) is 22.8 Å². The van der Waals surface area contributed by atoms with Crippen molar-refractivity contribution in [3.05, 3.63) is 40.2 Å². The number of carbonyl (C=O) groups excluding carboxylic acids is 2. The van der Waals surface area contributed by atoms with Gasteiger partial charge in [0.1, 0.15) is 11.1 Å². The molecule has 0 fully saturated rings. The molecule has 1 amide bonds. The zero-order valence-corrected chi connectivity index (χ0v) is 17.6. The SMILES string of the molecule is CCOC(=O)[C@@](NC(=O)c1ccco1)(Nc1sc2c(c1C#N)CC[C@H](C)C2)C(F)(F)F. The smallest absolute Gasteiger partial charge is 0.441 e. The first-order valence-corrected chi connectivity index (χ1v) is 10.4. The number of nitrogens with one attached hydrogen (secondary N) is 2. The van der Waals surface area contributed by atoms with E-state index in [1.54, 1.807) is 5.32 Å². The van der Waals surface area contributed by atoms with Gasteiger partial charge in [0, 0.05) is 4.88 Å². The Morgan fingerprint density at radius 3 is 2.74 bits per heavy atom. The largest absolute Gasteiger partial charge is 0.463 e. The van der Waals surface area contributed by atoms with Crippen LogP contribution in [-0.4, -0.2) is 30.3 Å². The Balaban J connectivity index is 2.09. The topological polar surface area (TPSA) is 104 Å². The minimum Gasteiger partial charge on any atom is -0.463 e. The van der Waals surface area contributed by atoms with Crippen molar-refractivity contribution >= 4 is 28.2 Å². The Morgan fingerprint density at radius 1 is 1.42 bits per heavy atom. The van der Waals surface area contributed by atoms with Crippen molar-refractivity contribution in [1.82, 2.24) is 5.32 Å². The number of ether oxygens (including phenoxy) is 1. The van der Waals surface area contributed by atoms with Crippen LogP contribution in [0.4, 0.5) is 18.2 Å². The molecule has 2 aromatic heterocycles. The van der Waals surface area contributed by atoms with Crippen molar-refractivity contribution in [3.63, 3.8) is 0 Å². The summed E-state index contributed by atoms with van der Waals surface area (Å²) in [6, 6.07) is 4.43. The fraction of sp³-hybridized carbons (Fsp3) is 0.450. The molecule has 2 aromatic rings. The molecule has 0 saturated heterocycles. The molecule has 31 heavy (non-hydrogen) atoms. The number of furan rings is 1. The minimum absolute atomic E-state index is 0.0390. The second-order valence-corrected chi connectivity index (χ2v) is 8.30. The van der Waals surface area contributed by atoms with Crippen LogP contribution in [0.5, 0.6) is 0 Å². The highest BCUT2D eigenvalue weighted by Gasteiger charge is 2.64. The number of carbonyl (C=O) groups is 2. The third-order valence-corrected chi connectivity index (χ3v) is 6.15. The normalized spacial score (nSPS) is 17.7. The third-order valence-electron chi connectivity index (χ3n) is 4.98. The molecule has 0 aromatic carbocycles. The fourth-order valence-electron chi connectivity index (χ4n) is 3.40. The van der Waals surface area contributed by atoms with E-state index in [1.165, 1.54) is 13.0 Å². The predicted molar refractivity (Wildman–Crippen MR) is 105 cm³/mol. The van der Waals surface area contributed by atoms with Crippen molar-refractivity contribution in [2.75, 3.05) is 11.9 Å². The number of esters is 1. The van der Waals surface area contributed by atoms with Gasteiger partial charge >= 0.3 is 17.8 Å². The quantitative estimate of drug-likeness (QED) is 0.504. The molecular formula is C20H20F3N3O4S. The lowest BCUT2D eigenvalue weighted by atomic mass is 9.88. The number of nitriles is 1. The number of amides is 1. The molecule has 7 nitrogen and oxygen atoms in total. The van der Waals surface area contributed by atoms with Gasteiger partial charge in [0.05, 0.1) is 18.4 Å². The van der Waals surface area contributed by atoms with Gasteiger partial charge in [0.2, 0.25) is 0 Å². The van der Waals surface area contributed by atoms with Gasteiger partial charge in [-0.3, -0.25) is 4.79 Å². The van der Waals surface area contributed by atoms with Crippen molar-refractivity contribution in [3.8, 4) is 6.07 Å². The Labute approximate surface area is 180 Å². The van der Waals surface area contributed by atoms with Crippen LogP contribution in [0.1, 0.15) is 46.8 Å². The first-order valence-electron chi connectivity index (χ1n) is 9.55. The van der Waals surface area contributed by atoms with Crippen molar-refractivity contribution in [2.24, 2.45) is 5.92 Å². The summed E-state index contributed by atoms with van der Waals surface area (Å²) in [5.74, 6) is -3.11. The summed E-state index contributed by atoms with van der Waals surface area (Å²) in [6.07, 6.45) is -2.21. The van der Waals surface area contributed by atoms with E-state index in [-0.39, 0.29) is 17.2 Å². The molecule has 2 N–H and O–H groups in total. The maximum atomic E-state index is 14.3. The number of anilines is 1. The average Bonchev–Trinajstić information content (AvgIpc) is 3.33. The zero-order valence-electron chi connectivity index (χ0n) is 16.8. The molecule has 0 radical (unpaired) electrons. The molecule has 166 valence electrons. The number of hydrogen-bond donors (Lipinski definition) is 2. The van der Waals surface area contributed by atoms with Crippen LogP contribution >= 0.6 is 11.3 Å². The number of rotatable bonds is 6. The lowest BCUT2D eigenvalue weighted by Crippen LogP contribution is -2.69. The highest BCUT2D eigenvalue weighted by Crippen LogP contribution is 2.42. The Bertz CT molecular complexity index is 1010. The van der Waals surface area contributed by atoms with E-state index in [4.69, 9.17) is 4.42 Å². The second-order valence-electron chi connectivity index (χ2n) is 7.19. The Morgan fingerprint density at radius 2 is 2.16 bits per heavy atom. The highest BCUT2D eigenvalue weighted by atomic mass is 32.1. The van der Waals surface area contributed by atoms with Crippen LogP contribution in [0, 0.1) is 17.2 Å². The average molecular weight is 455 g/mol. The van der Waals surface area contributed by atoms with Gasteiger partial charge in [0.25, 0.3) is 5.91 Å². The molecule has 0 aliphatic heterocycles. The molecular weight excluding hydrogens is 435 g/mol. The van der Waals surface area contributed by atoms with E-state index in [0.717, 1.165) is 35.0 Å². The zero-order chi connectivity index (χ0) is 22.8. The molecule has 11 heteroatoms. The molecule has 3 rings (SSSR count). The molecule has 0 saturated carbocycles. The molecule has 1 aliphatic rings. The van der Waals surface area contributed by atoms with Crippen molar-refractivity contribution in [2.45, 2.75) is 44.9 Å². The maximum absolute atomic E-state index is 14.3. The van der Waals surface area contributed by atoms with Gasteiger partial charge in [0.15, 0.2) is 5.76 Å². The van der Waals surface area contributed by atoms with E-state index in [1.807, 2.05) is 13.0 Å². The number of hydrogen-bond acceptors (Lipinski definition) is 7. The summed E-state index contributed by atoms with van der Waals surface area (Å²) < 4.78 is 52.5. The predicted octanol–water partition coefficient (Wildman–Crippen LogP) is 4.00. The van der Waals surface area contributed by atoms with Gasteiger partial charge in [-0.1, -0.05) is 6.92 Å². The van der Waals surface area contributed by atoms with Crippen LogP contribution < -0.4 is 10.6 Å². The lowest BCUT2D eigenvalue weighted by molar-refractivity contribution is -0.204. The lowest BCUT2D eigenvalue weighted by Gasteiger charge is -2.34. The van der Waals surface area contributed by atoms with E-state index in [2.05, 4.69) is 10.1 Å².